The van der Waals surface area contributed by atoms with Gasteiger partial charge in [0.1, 0.15) is 11.2 Å². The maximum atomic E-state index is 6.49. The third-order valence-corrected chi connectivity index (χ3v) is 12.1. The van der Waals surface area contributed by atoms with Gasteiger partial charge in [0.2, 0.25) is 5.95 Å². The molecule has 0 aliphatic heterocycles. The number of nitrogens with zero attached hydrogens (tertiary/aromatic N) is 4. The minimum Gasteiger partial charge on any atom is -0.455 e. The van der Waals surface area contributed by atoms with Crippen LogP contribution in [0.4, 0.5) is 0 Å². The van der Waals surface area contributed by atoms with Crippen molar-refractivity contribution in [2.45, 2.75) is 0 Å². The Balaban J connectivity index is 0.990. The number of benzene rings is 9. The number of para-hydroxylation sites is 4. The number of hydrogen-bond donors (Lipinski definition) is 0. The Morgan fingerprint density at radius 3 is 1.69 bits per heavy atom. The van der Waals surface area contributed by atoms with Crippen LogP contribution in [-0.4, -0.2) is 19.1 Å². The molecule has 274 valence electrons. The second kappa shape index (κ2) is 12.2. The molecule has 0 saturated heterocycles. The Kier molecular flexibility index (Phi) is 6.66. The summed E-state index contributed by atoms with van der Waals surface area (Å²) in [5.41, 5.74) is 12.6. The number of furan rings is 1. The van der Waals surface area contributed by atoms with E-state index >= 15 is 0 Å². The molecule has 13 rings (SSSR count). The second-order valence-corrected chi connectivity index (χ2v) is 15.4. The summed E-state index contributed by atoms with van der Waals surface area (Å²) in [7, 11) is 0. The number of aromatic nitrogens is 4. The van der Waals surface area contributed by atoms with Crippen molar-refractivity contribution < 1.29 is 4.42 Å². The molecular formula is C54H32N4O. The van der Waals surface area contributed by atoms with Crippen LogP contribution in [-0.2, 0) is 0 Å². The molecule has 0 spiro atoms. The van der Waals surface area contributed by atoms with Gasteiger partial charge in [-0.2, -0.15) is 0 Å². The molecule has 0 fully saturated rings. The lowest BCUT2D eigenvalue weighted by molar-refractivity contribution is 0.672. The van der Waals surface area contributed by atoms with Crippen molar-refractivity contribution in [3.05, 3.63) is 194 Å². The molecule has 0 atom stereocenters. The molecule has 0 radical (unpaired) electrons. The maximum absolute atomic E-state index is 6.49. The zero-order chi connectivity index (χ0) is 38.6. The molecule has 0 amide bonds. The summed E-state index contributed by atoms with van der Waals surface area (Å²) in [4.78, 5) is 10.7. The molecular weight excluding hydrogens is 721 g/mol. The zero-order valence-electron chi connectivity index (χ0n) is 31.7. The van der Waals surface area contributed by atoms with Crippen LogP contribution in [0.25, 0.3) is 121 Å². The van der Waals surface area contributed by atoms with Gasteiger partial charge in [-0.1, -0.05) is 115 Å². The number of fused-ring (bicyclic) bond motifs is 12. The highest BCUT2D eigenvalue weighted by Gasteiger charge is 2.20. The van der Waals surface area contributed by atoms with Crippen LogP contribution in [0.1, 0.15) is 0 Å². The summed E-state index contributed by atoms with van der Waals surface area (Å²) in [6.45, 7) is 0. The van der Waals surface area contributed by atoms with Gasteiger partial charge in [0.25, 0.3) is 0 Å². The highest BCUT2D eigenvalue weighted by Crippen LogP contribution is 2.40. The predicted molar refractivity (Wildman–Crippen MR) is 244 cm³/mol. The van der Waals surface area contributed by atoms with E-state index in [0.29, 0.717) is 5.95 Å². The molecule has 9 aromatic carbocycles. The van der Waals surface area contributed by atoms with E-state index < -0.39 is 0 Å². The molecule has 5 heteroatoms. The monoisotopic (exact) mass is 752 g/mol. The van der Waals surface area contributed by atoms with Crippen molar-refractivity contribution in [3.63, 3.8) is 0 Å². The Morgan fingerprint density at radius 2 is 0.932 bits per heavy atom. The van der Waals surface area contributed by atoms with Crippen molar-refractivity contribution in [1.82, 2.24) is 19.1 Å². The topological polar surface area (TPSA) is 48.8 Å². The van der Waals surface area contributed by atoms with Crippen molar-refractivity contribution >= 4 is 87.2 Å². The third kappa shape index (κ3) is 4.73. The van der Waals surface area contributed by atoms with Crippen LogP contribution in [0.2, 0.25) is 0 Å². The lowest BCUT2D eigenvalue weighted by Gasteiger charge is -2.12. The third-order valence-electron chi connectivity index (χ3n) is 12.1. The van der Waals surface area contributed by atoms with Crippen molar-refractivity contribution in [3.8, 4) is 34.0 Å². The van der Waals surface area contributed by atoms with Crippen LogP contribution in [0.15, 0.2) is 199 Å². The standard InChI is InChI=1S/C54H32N4O/c1-2-13-37(14-3-1)57-47-20-10-7-16-39(47)43-30-34(23-27-49(43)57)35-24-28-50-44(31-35)40-17-8-11-21-48(40)58(50)54-55-46-19-9-6-18-42(46)52(56-54)36-25-29-51-45(32-36)41-26-22-33-12-4-5-15-38(33)53(41)59-51/h1-32H. The van der Waals surface area contributed by atoms with Gasteiger partial charge < -0.3 is 8.98 Å². The number of hydrogen-bond acceptors (Lipinski definition) is 3. The predicted octanol–water partition coefficient (Wildman–Crippen LogP) is 14.2. The van der Waals surface area contributed by atoms with Crippen molar-refractivity contribution in [1.29, 1.82) is 0 Å². The summed E-state index contributed by atoms with van der Waals surface area (Å²) < 4.78 is 11.1. The smallest absolute Gasteiger partial charge is 0.235 e. The van der Waals surface area contributed by atoms with E-state index in [-0.39, 0.29) is 0 Å². The van der Waals surface area contributed by atoms with Crippen LogP contribution >= 0.6 is 0 Å². The molecule has 0 aliphatic rings. The van der Waals surface area contributed by atoms with Crippen molar-refractivity contribution in [2.75, 3.05) is 0 Å². The van der Waals surface area contributed by atoms with Crippen molar-refractivity contribution in [2.24, 2.45) is 0 Å². The Hall–Kier alpha value is -8.02. The average molecular weight is 753 g/mol. The highest BCUT2D eigenvalue weighted by molar-refractivity contribution is 6.16. The SMILES string of the molecule is c1ccc(-n2c3ccccc3c3cc(-c4ccc5c(c4)c4ccccc4n5-c4nc(-c5ccc6oc7c8ccccc8ccc7c6c5)c5ccccc5n4)ccc32)cc1. The number of rotatable bonds is 4. The molecule has 0 saturated carbocycles. The Labute approximate surface area is 337 Å². The zero-order valence-corrected chi connectivity index (χ0v) is 31.7. The summed E-state index contributed by atoms with van der Waals surface area (Å²) in [6.07, 6.45) is 0. The molecule has 13 aromatic rings. The minimum absolute atomic E-state index is 0.635. The normalized spacial score (nSPS) is 12.1. The summed E-state index contributed by atoms with van der Waals surface area (Å²) in [6, 6.07) is 69.0. The van der Waals surface area contributed by atoms with Gasteiger partial charge in [0.15, 0.2) is 0 Å². The van der Waals surface area contributed by atoms with Gasteiger partial charge in [-0.25, -0.2) is 9.97 Å². The minimum atomic E-state index is 0.635. The molecule has 5 nitrogen and oxygen atoms in total. The van der Waals surface area contributed by atoms with E-state index in [4.69, 9.17) is 14.4 Å². The van der Waals surface area contributed by atoms with Crippen LogP contribution in [0.5, 0.6) is 0 Å². The highest BCUT2D eigenvalue weighted by atomic mass is 16.3. The summed E-state index contributed by atoms with van der Waals surface area (Å²) in [5.74, 6) is 0.635. The molecule has 0 aliphatic carbocycles. The fourth-order valence-electron chi connectivity index (χ4n) is 9.41. The first-order valence-corrected chi connectivity index (χ1v) is 20.0. The van der Waals surface area contributed by atoms with E-state index in [1.165, 1.54) is 27.4 Å². The molecule has 59 heavy (non-hydrogen) atoms. The van der Waals surface area contributed by atoms with Gasteiger partial charge in [0.05, 0.1) is 33.3 Å². The first kappa shape index (κ1) is 32.1. The quantitative estimate of drug-likeness (QED) is 0.180. The lowest BCUT2D eigenvalue weighted by atomic mass is 10.0. The fraction of sp³-hybridized carbons (Fsp3) is 0. The molecule has 0 bridgehead atoms. The molecule has 0 N–H and O–H groups in total. The largest absolute Gasteiger partial charge is 0.455 e. The van der Waals surface area contributed by atoms with E-state index in [0.717, 1.165) is 87.9 Å². The Bertz CT molecular complexity index is 3850. The van der Waals surface area contributed by atoms with Gasteiger partial charge in [-0.15, -0.1) is 0 Å². The van der Waals surface area contributed by atoms with Gasteiger partial charge in [-0.3, -0.25) is 4.57 Å². The molecule has 4 aromatic heterocycles. The Morgan fingerprint density at radius 1 is 0.356 bits per heavy atom. The fourth-order valence-corrected chi connectivity index (χ4v) is 9.41. The van der Waals surface area contributed by atoms with E-state index in [1.54, 1.807) is 0 Å². The molecule has 4 heterocycles. The molecule has 0 unspecified atom stereocenters. The van der Waals surface area contributed by atoms with E-state index in [2.05, 4.69) is 197 Å². The van der Waals surface area contributed by atoms with Crippen LogP contribution in [0.3, 0.4) is 0 Å². The first-order valence-electron chi connectivity index (χ1n) is 20.0. The van der Waals surface area contributed by atoms with Gasteiger partial charge in [0, 0.05) is 54.3 Å². The maximum Gasteiger partial charge on any atom is 0.235 e. The van der Waals surface area contributed by atoms with Gasteiger partial charge in [-0.05, 0) is 95.4 Å². The van der Waals surface area contributed by atoms with E-state index in [1.807, 2.05) is 6.07 Å². The second-order valence-electron chi connectivity index (χ2n) is 15.4. The first-order chi connectivity index (χ1) is 29.2. The van der Waals surface area contributed by atoms with Crippen LogP contribution in [0, 0.1) is 0 Å². The summed E-state index contributed by atoms with van der Waals surface area (Å²) >= 11 is 0. The van der Waals surface area contributed by atoms with Crippen LogP contribution < -0.4 is 0 Å². The van der Waals surface area contributed by atoms with E-state index in [9.17, 15) is 0 Å². The van der Waals surface area contributed by atoms with Gasteiger partial charge >= 0.3 is 0 Å². The lowest BCUT2D eigenvalue weighted by Crippen LogP contribution is -2.03. The summed E-state index contributed by atoms with van der Waals surface area (Å²) in [5, 5.41) is 10.2. The average Bonchev–Trinajstić information content (AvgIpc) is 3.96.